The Morgan fingerprint density at radius 3 is 2.47 bits per heavy atom. The molecule has 0 saturated heterocycles. The Morgan fingerprint density at radius 2 is 1.78 bits per heavy atom. The molecule has 0 unspecified atom stereocenters. The highest BCUT2D eigenvalue weighted by molar-refractivity contribution is 7.92. The average molecular weight is 486 g/mol. The van der Waals surface area contributed by atoms with Crippen LogP contribution in [0.15, 0.2) is 65.7 Å². The lowest BCUT2D eigenvalue weighted by Crippen LogP contribution is -2.35. The number of hydrogen-bond donors (Lipinski definition) is 0. The Labute approximate surface area is 195 Å². The molecule has 0 radical (unpaired) electrons. The third-order valence-corrected chi connectivity index (χ3v) is 7.97. The fourth-order valence-electron chi connectivity index (χ4n) is 3.17. The van der Waals surface area contributed by atoms with Crippen LogP contribution in [0.5, 0.6) is 0 Å². The number of hydrogen-bond acceptors (Lipinski definition) is 6. The lowest BCUT2D eigenvalue weighted by Gasteiger charge is -2.19. The van der Waals surface area contributed by atoms with Crippen molar-refractivity contribution in [2.24, 2.45) is 0 Å². The van der Waals surface area contributed by atoms with Crippen molar-refractivity contribution >= 4 is 54.0 Å². The summed E-state index contributed by atoms with van der Waals surface area (Å²) in [6.45, 7) is 4.14. The number of carbonyl (C=O) groups is 1. The zero-order chi connectivity index (χ0) is 22.9. The number of aryl methyl sites for hydroxylation is 2. The summed E-state index contributed by atoms with van der Waals surface area (Å²) < 4.78 is 26.7. The van der Waals surface area contributed by atoms with E-state index in [1.54, 1.807) is 18.3 Å². The fraction of sp³-hybridized carbons (Fsp3) is 0.174. The summed E-state index contributed by atoms with van der Waals surface area (Å²) in [5, 5.41) is 0.860. The van der Waals surface area contributed by atoms with Gasteiger partial charge in [0.25, 0.3) is 0 Å². The molecule has 2 heterocycles. The first-order chi connectivity index (χ1) is 15.2. The van der Waals surface area contributed by atoms with E-state index >= 15 is 0 Å². The first-order valence-corrected chi connectivity index (χ1v) is 12.6. The Hall–Kier alpha value is -2.81. The van der Waals surface area contributed by atoms with Crippen LogP contribution in [0.2, 0.25) is 5.02 Å². The third-order valence-electron chi connectivity index (χ3n) is 5.06. The largest absolute Gasteiger partial charge is 0.281 e. The van der Waals surface area contributed by atoms with E-state index in [1.807, 2.05) is 32.0 Å². The van der Waals surface area contributed by atoms with E-state index in [0.29, 0.717) is 15.8 Å². The number of nitrogens with zero attached hydrogens (tertiary/aromatic N) is 3. The zero-order valence-electron chi connectivity index (χ0n) is 17.4. The highest BCUT2D eigenvalue weighted by Gasteiger charge is 2.27. The number of fused-ring (bicyclic) bond motifs is 1. The van der Waals surface area contributed by atoms with Crippen molar-refractivity contribution in [3.63, 3.8) is 0 Å². The van der Waals surface area contributed by atoms with Gasteiger partial charge in [-0.3, -0.25) is 14.7 Å². The molecule has 32 heavy (non-hydrogen) atoms. The van der Waals surface area contributed by atoms with Crippen LogP contribution in [0.3, 0.4) is 0 Å². The van der Waals surface area contributed by atoms with Crippen molar-refractivity contribution in [2.45, 2.75) is 25.3 Å². The summed E-state index contributed by atoms with van der Waals surface area (Å²) in [6.07, 6.45) is 1.63. The van der Waals surface area contributed by atoms with Gasteiger partial charge in [0.2, 0.25) is 5.91 Å². The molecule has 1 amide bonds. The molecule has 0 aliphatic carbocycles. The molecule has 0 saturated carbocycles. The summed E-state index contributed by atoms with van der Waals surface area (Å²) in [5.41, 5.74) is 3.63. The second-order valence-electron chi connectivity index (χ2n) is 7.41. The minimum atomic E-state index is -3.86. The van der Waals surface area contributed by atoms with E-state index in [9.17, 15) is 13.2 Å². The van der Waals surface area contributed by atoms with Gasteiger partial charge in [-0.2, -0.15) is 0 Å². The normalized spacial score (nSPS) is 11.6. The Kier molecular flexibility index (Phi) is 6.28. The molecule has 0 aliphatic heterocycles. The van der Waals surface area contributed by atoms with Crippen LogP contribution in [0, 0.1) is 13.8 Å². The van der Waals surface area contributed by atoms with E-state index in [2.05, 4.69) is 9.97 Å². The first-order valence-electron chi connectivity index (χ1n) is 9.79. The van der Waals surface area contributed by atoms with E-state index in [1.165, 1.54) is 40.5 Å². The minimum absolute atomic E-state index is 0.0450. The molecule has 0 N–H and O–H groups in total. The van der Waals surface area contributed by atoms with Gasteiger partial charge in [0, 0.05) is 11.2 Å². The maximum atomic E-state index is 13.3. The molecule has 2 aromatic carbocycles. The second-order valence-corrected chi connectivity index (χ2v) is 10.8. The lowest BCUT2D eigenvalue weighted by molar-refractivity contribution is -0.116. The first kappa shape index (κ1) is 22.4. The Morgan fingerprint density at radius 1 is 1.06 bits per heavy atom. The van der Waals surface area contributed by atoms with Crippen molar-refractivity contribution < 1.29 is 13.2 Å². The number of aromatic nitrogens is 2. The van der Waals surface area contributed by atoms with E-state index in [-0.39, 0.29) is 11.4 Å². The number of halogens is 1. The summed E-state index contributed by atoms with van der Waals surface area (Å²) in [4.78, 5) is 23.6. The van der Waals surface area contributed by atoms with Crippen LogP contribution in [0.4, 0.5) is 5.13 Å². The highest BCUT2D eigenvalue weighted by Crippen LogP contribution is 2.32. The molecule has 0 bridgehead atoms. The number of pyridine rings is 1. The quantitative estimate of drug-likeness (QED) is 0.385. The van der Waals surface area contributed by atoms with Crippen molar-refractivity contribution in [2.75, 3.05) is 10.7 Å². The summed E-state index contributed by atoms with van der Waals surface area (Å²) in [6, 6.07) is 15.2. The number of amides is 1. The molecule has 4 aromatic rings. The van der Waals surface area contributed by atoms with Crippen LogP contribution >= 0.6 is 22.9 Å². The predicted molar refractivity (Wildman–Crippen MR) is 128 cm³/mol. The molecule has 4 rings (SSSR count). The van der Waals surface area contributed by atoms with Crippen molar-refractivity contribution in [1.29, 1.82) is 0 Å². The van der Waals surface area contributed by atoms with Crippen molar-refractivity contribution in [3.05, 3.63) is 82.6 Å². The molecule has 2 aromatic heterocycles. The summed E-state index contributed by atoms with van der Waals surface area (Å²) >= 11 is 7.22. The number of anilines is 1. The molecular weight excluding hydrogens is 466 g/mol. The van der Waals surface area contributed by atoms with Crippen LogP contribution in [-0.2, 0) is 21.2 Å². The molecule has 9 heteroatoms. The van der Waals surface area contributed by atoms with Gasteiger partial charge in [-0.05, 0) is 73.5 Å². The topological polar surface area (TPSA) is 80.2 Å². The maximum absolute atomic E-state index is 13.3. The third kappa shape index (κ3) is 4.82. The van der Waals surface area contributed by atoms with E-state index < -0.39 is 21.5 Å². The van der Waals surface area contributed by atoms with Crippen LogP contribution < -0.4 is 4.90 Å². The molecule has 6 nitrogen and oxygen atoms in total. The van der Waals surface area contributed by atoms with Crippen LogP contribution in [-0.4, -0.2) is 30.0 Å². The van der Waals surface area contributed by atoms with E-state index in [0.717, 1.165) is 21.3 Å². The van der Waals surface area contributed by atoms with Gasteiger partial charge in [-0.1, -0.05) is 29.0 Å². The average Bonchev–Trinajstić information content (AvgIpc) is 3.15. The molecule has 0 aliphatic rings. The molecule has 0 fully saturated rings. The van der Waals surface area contributed by atoms with Gasteiger partial charge in [-0.25, -0.2) is 13.4 Å². The van der Waals surface area contributed by atoms with Crippen molar-refractivity contribution in [3.8, 4) is 0 Å². The van der Waals surface area contributed by atoms with Crippen LogP contribution in [0.25, 0.3) is 10.2 Å². The fourth-order valence-corrected chi connectivity index (χ4v) is 5.55. The monoisotopic (exact) mass is 485 g/mol. The number of sulfone groups is 1. The molecule has 164 valence electrons. The number of benzene rings is 2. The highest BCUT2D eigenvalue weighted by atomic mass is 35.5. The number of carbonyl (C=O) groups excluding carboxylic acids is 1. The predicted octanol–water partition coefficient (Wildman–Crippen LogP) is 4.97. The SMILES string of the molecule is Cc1cc2nc(N(Cc3ccccn3)C(=O)CS(=O)(=O)c3ccc(Cl)cc3)sc2cc1C. The molecular formula is C23H20ClN3O3S2. The number of thiazole rings is 1. The summed E-state index contributed by atoms with van der Waals surface area (Å²) in [7, 11) is -3.86. The van der Waals surface area contributed by atoms with Crippen LogP contribution in [0.1, 0.15) is 16.8 Å². The second kappa shape index (κ2) is 8.97. The van der Waals surface area contributed by atoms with E-state index in [4.69, 9.17) is 11.6 Å². The molecule has 0 spiro atoms. The Bertz CT molecular complexity index is 1350. The minimum Gasteiger partial charge on any atom is -0.281 e. The number of rotatable bonds is 6. The summed E-state index contributed by atoms with van der Waals surface area (Å²) in [5.74, 6) is -1.26. The van der Waals surface area contributed by atoms with Gasteiger partial charge in [0.1, 0.15) is 5.75 Å². The molecule has 0 atom stereocenters. The standard InChI is InChI=1S/C23H20ClN3O3S2/c1-15-11-20-21(12-16(15)2)31-23(26-20)27(13-18-5-3-4-10-25-18)22(28)14-32(29,30)19-8-6-17(24)7-9-19/h3-12H,13-14H2,1-2H3. The van der Waals surface area contributed by atoms with Gasteiger partial charge in [0.05, 0.1) is 27.4 Å². The maximum Gasteiger partial charge on any atom is 0.244 e. The zero-order valence-corrected chi connectivity index (χ0v) is 19.8. The van der Waals surface area contributed by atoms with Gasteiger partial charge >= 0.3 is 0 Å². The lowest BCUT2D eigenvalue weighted by atomic mass is 10.1. The van der Waals surface area contributed by atoms with Gasteiger partial charge in [0.15, 0.2) is 15.0 Å². The van der Waals surface area contributed by atoms with Gasteiger partial charge in [-0.15, -0.1) is 0 Å². The Balaban J connectivity index is 1.70. The smallest absolute Gasteiger partial charge is 0.244 e. The van der Waals surface area contributed by atoms with Gasteiger partial charge < -0.3 is 0 Å². The van der Waals surface area contributed by atoms with Crippen molar-refractivity contribution in [1.82, 2.24) is 9.97 Å².